The zero-order valence-corrected chi connectivity index (χ0v) is 27.5. The van der Waals surface area contributed by atoms with Gasteiger partial charge in [0, 0.05) is 48.1 Å². The number of halogens is 4. The number of hydrogen-bond donors (Lipinski definition) is 0. The maximum atomic E-state index is 14.3. The predicted octanol–water partition coefficient (Wildman–Crippen LogP) is 7.13. The molecule has 4 heterocycles. The van der Waals surface area contributed by atoms with Crippen LogP contribution in [0, 0.1) is 12.3 Å². The maximum absolute atomic E-state index is 14.3. The lowest BCUT2D eigenvalue weighted by molar-refractivity contribution is -0.186. The van der Waals surface area contributed by atoms with Crippen molar-refractivity contribution in [3.05, 3.63) is 52.8 Å². The van der Waals surface area contributed by atoms with Crippen LogP contribution in [0.15, 0.2) is 30.5 Å². The van der Waals surface area contributed by atoms with E-state index in [4.69, 9.17) is 14.2 Å². The van der Waals surface area contributed by atoms with Crippen molar-refractivity contribution >= 4 is 28.8 Å². The fraction of sp³-hybridized carbons (Fsp3) is 0.559. The fourth-order valence-electron chi connectivity index (χ4n) is 7.47. The van der Waals surface area contributed by atoms with E-state index in [1.165, 1.54) is 22.6 Å². The number of nitrogens with zero attached hydrogens (tertiary/aromatic N) is 4. The van der Waals surface area contributed by atoms with Crippen LogP contribution in [0.5, 0.6) is 5.75 Å². The van der Waals surface area contributed by atoms with Gasteiger partial charge in [-0.05, 0) is 76.3 Å². The van der Waals surface area contributed by atoms with Crippen LogP contribution < -0.4 is 9.64 Å². The molecule has 9 nitrogen and oxygen atoms in total. The Morgan fingerprint density at radius 2 is 1.74 bits per heavy atom. The van der Waals surface area contributed by atoms with Crippen LogP contribution in [-0.4, -0.2) is 77.8 Å². The van der Waals surface area contributed by atoms with Crippen LogP contribution in [0.3, 0.4) is 0 Å². The van der Waals surface area contributed by atoms with Crippen molar-refractivity contribution in [3.63, 3.8) is 0 Å². The van der Waals surface area contributed by atoms with Gasteiger partial charge in [-0.2, -0.15) is 0 Å². The number of fused-ring (bicyclic) bond motifs is 1. The molecule has 1 saturated carbocycles. The average Bonchev–Trinajstić information content (AvgIpc) is 3.42. The van der Waals surface area contributed by atoms with E-state index in [1.54, 1.807) is 40.1 Å². The number of benzene rings is 1. The van der Waals surface area contributed by atoms with Gasteiger partial charge in [-0.1, -0.05) is 6.07 Å². The molecule has 47 heavy (non-hydrogen) atoms. The van der Waals surface area contributed by atoms with Gasteiger partial charge in [0.2, 0.25) is 5.92 Å². The van der Waals surface area contributed by atoms with Gasteiger partial charge in [-0.25, -0.2) is 32.1 Å². The number of aryl methyl sites for hydroxylation is 1. The van der Waals surface area contributed by atoms with Crippen LogP contribution in [0.2, 0.25) is 0 Å². The smallest absolute Gasteiger partial charge is 0.419 e. The summed E-state index contributed by atoms with van der Waals surface area (Å²) in [6.07, 6.45) is 1.53. The molecular formula is C34H40F4N4O5. The Bertz CT molecular complexity index is 1720. The van der Waals surface area contributed by atoms with Gasteiger partial charge in [0.05, 0.1) is 32.8 Å². The number of hydrogen-bond acceptors (Lipinski definition) is 8. The van der Waals surface area contributed by atoms with Crippen molar-refractivity contribution in [3.8, 4) is 5.75 Å². The molecule has 0 unspecified atom stereocenters. The molecule has 0 amide bonds. The second kappa shape index (κ2) is 11.4. The first-order valence-electron chi connectivity index (χ1n) is 15.7. The summed E-state index contributed by atoms with van der Waals surface area (Å²) < 4.78 is 74.7. The SMILES string of the molecule is COC(=O)c1ccc([C@@H]2CC3(CCN2Cc2c(OC)cc(C)c4c2ccn4C(=O)OC(C)(C)C)CC(F)(F)C3)c(N2CC(F)(F)C2)n1. The number of likely N-dealkylation sites (tertiary alicyclic amines) is 1. The van der Waals surface area contributed by atoms with Gasteiger partial charge >= 0.3 is 12.1 Å². The van der Waals surface area contributed by atoms with Gasteiger partial charge in [0.1, 0.15) is 17.2 Å². The molecule has 2 aliphatic heterocycles. The predicted molar refractivity (Wildman–Crippen MR) is 167 cm³/mol. The van der Waals surface area contributed by atoms with Crippen molar-refractivity contribution in [1.82, 2.24) is 14.5 Å². The molecule has 1 atom stereocenters. The zero-order valence-electron chi connectivity index (χ0n) is 27.5. The number of methoxy groups -OCH3 is 2. The first kappa shape index (κ1) is 33.0. The van der Waals surface area contributed by atoms with E-state index in [2.05, 4.69) is 9.88 Å². The quantitative estimate of drug-likeness (QED) is 0.204. The third kappa shape index (κ3) is 6.26. The number of carbonyl (C=O) groups excluding carboxylic acids is 2. The summed E-state index contributed by atoms with van der Waals surface area (Å²) in [7, 11) is 2.77. The summed E-state index contributed by atoms with van der Waals surface area (Å²) in [6.45, 7) is 6.87. The number of piperidine rings is 1. The standard InChI is InChI=1S/C34H40F4N4O5/c1-20-13-26(45-5)23(21-9-11-42(27(20)21)30(44)47-31(2,3)4)15-40-12-10-32(16-33(35,36)17-32)14-25(40)22-7-8-24(29(43)46-6)39-28(22)41-18-34(37,38)19-41/h7-9,11,13,25H,10,12,14-19H2,1-6H3/t25-/m0/s1. The molecule has 254 valence electrons. The van der Waals surface area contributed by atoms with E-state index in [1.807, 2.05) is 19.1 Å². The Kier molecular flexibility index (Phi) is 8.00. The summed E-state index contributed by atoms with van der Waals surface area (Å²) in [4.78, 5) is 33.6. The lowest BCUT2D eigenvalue weighted by Gasteiger charge is -2.55. The second-order valence-corrected chi connectivity index (χ2v) is 14.3. The minimum absolute atomic E-state index is 0.0286. The van der Waals surface area contributed by atoms with Crippen molar-refractivity contribution in [1.29, 1.82) is 0 Å². The highest BCUT2D eigenvalue weighted by molar-refractivity contribution is 5.95. The number of pyridine rings is 1. The monoisotopic (exact) mass is 660 g/mol. The highest BCUT2D eigenvalue weighted by atomic mass is 19.3. The Morgan fingerprint density at radius 3 is 2.34 bits per heavy atom. The summed E-state index contributed by atoms with van der Waals surface area (Å²) in [5.41, 5.74) is 1.47. The van der Waals surface area contributed by atoms with Crippen molar-refractivity contribution in [2.45, 2.75) is 83.4 Å². The highest BCUT2D eigenvalue weighted by Crippen LogP contribution is 2.61. The average molecular weight is 661 g/mol. The molecule has 1 aromatic carbocycles. The Hall–Kier alpha value is -3.87. The third-order valence-corrected chi connectivity index (χ3v) is 9.47. The van der Waals surface area contributed by atoms with Crippen molar-refractivity contribution in [2.24, 2.45) is 5.41 Å². The van der Waals surface area contributed by atoms with Crippen LogP contribution in [0.25, 0.3) is 10.9 Å². The summed E-state index contributed by atoms with van der Waals surface area (Å²) in [5.74, 6) is -5.56. The normalized spacial score (nSPS) is 21.7. The van der Waals surface area contributed by atoms with Crippen LogP contribution in [0.1, 0.15) is 79.7 Å². The number of rotatable bonds is 6. The Balaban J connectivity index is 1.43. The number of ether oxygens (including phenoxy) is 3. The number of alkyl halides is 4. The number of carbonyl (C=O) groups is 2. The van der Waals surface area contributed by atoms with Gasteiger partial charge in [0.15, 0.2) is 5.69 Å². The minimum atomic E-state index is -2.91. The van der Waals surface area contributed by atoms with E-state index in [0.717, 1.165) is 16.5 Å². The molecule has 3 fully saturated rings. The van der Waals surface area contributed by atoms with Gasteiger partial charge < -0.3 is 19.1 Å². The number of esters is 1. The molecule has 0 bridgehead atoms. The second-order valence-electron chi connectivity index (χ2n) is 14.3. The van der Waals surface area contributed by atoms with E-state index in [0.29, 0.717) is 42.8 Å². The molecule has 0 radical (unpaired) electrons. The molecular weight excluding hydrogens is 620 g/mol. The summed E-state index contributed by atoms with van der Waals surface area (Å²) in [5, 5.41) is 0.767. The van der Waals surface area contributed by atoms with Crippen molar-refractivity contribution < 1.29 is 41.4 Å². The molecule has 2 saturated heterocycles. The van der Waals surface area contributed by atoms with E-state index in [-0.39, 0.29) is 24.4 Å². The largest absolute Gasteiger partial charge is 0.496 e. The maximum Gasteiger partial charge on any atom is 0.419 e. The Morgan fingerprint density at radius 1 is 1.04 bits per heavy atom. The first-order chi connectivity index (χ1) is 21.9. The van der Waals surface area contributed by atoms with Crippen molar-refractivity contribution in [2.75, 3.05) is 38.8 Å². The zero-order chi connectivity index (χ0) is 34.1. The molecule has 1 aliphatic carbocycles. The van der Waals surface area contributed by atoms with E-state index in [9.17, 15) is 27.2 Å². The Labute approximate surface area is 270 Å². The highest BCUT2D eigenvalue weighted by Gasteiger charge is 2.59. The molecule has 13 heteroatoms. The molecule has 1 spiro atoms. The summed E-state index contributed by atoms with van der Waals surface area (Å²) in [6, 6.07) is 6.36. The van der Waals surface area contributed by atoms with Crippen LogP contribution >= 0.6 is 0 Å². The fourth-order valence-corrected chi connectivity index (χ4v) is 7.47. The van der Waals surface area contributed by atoms with Gasteiger partial charge in [0.25, 0.3) is 5.92 Å². The van der Waals surface area contributed by atoms with Gasteiger partial charge in [-0.15, -0.1) is 0 Å². The number of anilines is 1. The lowest BCUT2D eigenvalue weighted by atomic mass is 9.59. The molecule has 2 aromatic heterocycles. The molecule has 6 rings (SSSR count). The van der Waals surface area contributed by atoms with E-state index >= 15 is 0 Å². The number of aromatic nitrogens is 2. The molecule has 0 N–H and O–H groups in total. The molecule has 3 aromatic rings. The van der Waals surface area contributed by atoms with Crippen LogP contribution in [-0.2, 0) is 16.0 Å². The van der Waals surface area contributed by atoms with Crippen LogP contribution in [0.4, 0.5) is 28.2 Å². The minimum Gasteiger partial charge on any atom is -0.496 e. The topological polar surface area (TPSA) is 86.1 Å². The third-order valence-electron chi connectivity index (χ3n) is 9.47. The lowest BCUT2D eigenvalue weighted by Crippen LogP contribution is -2.57. The summed E-state index contributed by atoms with van der Waals surface area (Å²) >= 11 is 0. The van der Waals surface area contributed by atoms with Gasteiger partial charge in [-0.3, -0.25) is 9.47 Å². The first-order valence-corrected chi connectivity index (χ1v) is 15.7. The van der Waals surface area contributed by atoms with E-state index < -0.39 is 54.1 Å². The molecule has 3 aliphatic rings.